The van der Waals surface area contributed by atoms with Gasteiger partial charge in [-0.1, -0.05) is 11.6 Å². The molecule has 0 aliphatic heterocycles. The SMILES string of the molecule is C=CC1(C2=CC(O)=C(O)CC2)CC1. The van der Waals surface area contributed by atoms with Crippen LogP contribution in [0.3, 0.4) is 0 Å². The molecule has 1 fully saturated rings. The fourth-order valence-electron chi connectivity index (χ4n) is 1.89. The maximum atomic E-state index is 9.35. The number of hydrogen-bond acceptors (Lipinski definition) is 2. The normalized spacial score (nSPS) is 25.4. The minimum absolute atomic E-state index is 0.0365. The van der Waals surface area contributed by atoms with Crippen molar-refractivity contribution in [1.29, 1.82) is 0 Å². The van der Waals surface area contributed by atoms with Crippen molar-refractivity contribution in [2.75, 3.05) is 0 Å². The highest BCUT2D eigenvalue weighted by Gasteiger charge is 2.43. The molecule has 2 N–H and O–H groups in total. The van der Waals surface area contributed by atoms with Gasteiger partial charge in [-0.25, -0.2) is 0 Å². The van der Waals surface area contributed by atoms with Crippen molar-refractivity contribution < 1.29 is 10.2 Å². The Kier molecular flexibility index (Phi) is 1.72. The Morgan fingerprint density at radius 3 is 2.46 bits per heavy atom. The fourth-order valence-corrected chi connectivity index (χ4v) is 1.89. The summed E-state index contributed by atoms with van der Waals surface area (Å²) in [5.74, 6) is 0.151. The van der Waals surface area contributed by atoms with Crippen LogP contribution in [0.4, 0.5) is 0 Å². The third-order valence-electron chi connectivity index (χ3n) is 3.06. The summed E-state index contributed by atoms with van der Waals surface area (Å²) in [5.41, 5.74) is 1.37. The summed E-state index contributed by atoms with van der Waals surface area (Å²) >= 11 is 0. The minimum Gasteiger partial charge on any atom is -0.508 e. The van der Waals surface area contributed by atoms with Gasteiger partial charge in [0.2, 0.25) is 0 Å². The second-order valence-corrected chi connectivity index (χ2v) is 3.86. The molecule has 1 saturated carbocycles. The van der Waals surface area contributed by atoms with E-state index in [1.54, 1.807) is 6.08 Å². The molecule has 0 unspecified atom stereocenters. The molecule has 0 radical (unpaired) electrons. The van der Waals surface area contributed by atoms with Crippen molar-refractivity contribution >= 4 is 0 Å². The van der Waals surface area contributed by atoms with Crippen molar-refractivity contribution in [2.45, 2.75) is 25.7 Å². The highest BCUT2D eigenvalue weighted by molar-refractivity contribution is 5.36. The van der Waals surface area contributed by atoms with Crippen LogP contribution in [0.25, 0.3) is 0 Å². The van der Waals surface area contributed by atoms with Crippen LogP contribution in [0.5, 0.6) is 0 Å². The highest BCUT2D eigenvalue weighted by atomic mass is 16.3. The lowest BCUT2D eigenvalue weighted by atomic mass is 9.88. The van der Waals surface area contributed by atoms with Crippen LogP contribution >= 0.6 is 0 Å². The van der Waals surface area contributed by atoms with E-state index < -0.39 is 0 Å². The van der Waals surface area contributed by atoms with E-state index in [4.69, 9.17) is 0 Å². The molecule has 0 saturated heterocycles. The summed E-state index contributed by atoms with van der Waals surface area (Å²) in [6.45, 7) is 3.81. The molecule has 0 heterocycles. The molecule has 13 heavy (non-hydrogen) atoms. The number of aliphatic hydroxyl groups is 2. The van der Waals surface area contributed by atoms with Gasteiger partial charge in [-0.3, -0.25) is 0 Å². The first-order valence-corrected chi connectivity index (χ1v) is 4.64. The zero-order valence-electron chi connectivity index (χ0n) is 7.58. The number of allylic oxidation sites excluding steroid dienone is 4. The van der Waals surface area contributed by atoms with Crippen molar-refractivity contribution in [3.8, 4) is 0 Å². The molecule has 2 heteroatoms. The van der Waals surface area contributed by atoms with Crippen molar-refractivity contribution in [3.63, 3.8) is 0 Å². The Morgan fingerprint density at radius 2 is 2.00 bits per heavy atom. The van der Waals surface area contributed by atoms with Crippen molar-refractivity contribution in [3.05, 3.63) is 35.8 Å². The van der Waals surface area contributed by atoms with E-state index in [9.17, 15) is 10.2 Å². The smallest absolute Gasteiger partial charge is 0.152 e. The zero-order valence-corrected chi connectivity index (χ0v) is 7.58. The van der Waals surface area contributed by atoms with E-state index in [1.165, 1.54) is 5.57 Å². The first-order chi connectivity index (χ1) is 6.18. The molecule has 0 aromatic heterocycles. The van der Waals surface area contributed by atoms with Crippen LogP contribution in [-0.4, -0.2) is 10.2 Å². The molecule has 2 rings (SSSR count). The van der Waals surface area contributed by atoms with Gasteiger partial charge in [0.1, 0.15) is 5.76 Å². The Morgan fingerprint density at radius 1 is 1.31 bits per heavy atom. The van der Waals surface area contributed by atoms with Crippen molar-refractivity contribution in [2.24, 2.45) is 5.41 Å². The number of hydrogen-bond donors (Lipinski definition) is 2. The van der Waals surface area contributed by atoms with Gasteiger partial charge in [-0.05, 0) is 25.3 Å². The van der Waals surface area contributed by atoms with Gasteiger partial charge in [0, 0.05) is 11.8 Å². The van der Waals surface area contributed by atoms with Gasteiger partial charge in [0.15, 0.2) is 5.76 Å². The number of rotatable bonds is 2. The van der Waals surface area contributed by atoms with Crippen LogP contribution in [0.15, 0.2) is 35.8 Å². The average molecular weight is 178 g/mol. The highest BCUT2D eigenvalue weighted by Crippen LogP contribution is 2.55. The Bertz CT molecular complexity index is 306. The molecule has 0 bridgehead atoms. The third kappa shape index (κ3) is 1.26. The van der Waals surface area contributed by atoms with Crippen LogP contribution in [0.1, 0.15) is 25.7 Å². The fraction of sp³-hybridized carbons (Fsp3) is 0.455. The van der Waals surface area contributed by atoms with Gasteiger partial charge < -0.3 is 10.2 Å². The molecule has 2 aliphatic rings. The average Bonchev–Trinajstić information content (AvgIpc) is 2.90. The Balaban J connectivity index is 2.27. The third-order valence-corrected chi connectivity index (χ3v) is 3.06. The molecule has 0 aromatic carbocycles. The van der Waals surface area contributed by atoms with E-state index in [0.717, 1.165) is 19.3 Å². The lowest BCUT2D eigenvalue weighted by molar-refractivity contribution is 0.314. The summed E-state index contributed by atoms with van der Waals surface area (Å²) in [4.78, 5) is 0. The van der Waals surface area contributed by atoms with Crippen LogP contribution in [0, 0.1) is 5.41 Å². The standard InChI is InChI=1S/C11H14O2/c1-2-11(5-6-11)8-3-4-9(12)10(13)7-8/h2,7,12-13H,1,3-6H2. The summed E-state index contributed by atoms with van der Waals surface area (Å²) in [6, 6.07) is 0. The molecule has 0 aromatic rings. The van der Waals surface area contributed by atoms with Gasteiger partial charge >= 0.3 is 0 Å². The van der Waals surface area contributed by atoms with E-state index in [-0.39, 0.29) is 16.9 Å². The predicted molar refractivity (Wildman–Crippen MR) is 51.5 cm³/mol. The molecule has 0 spiro atoms. The predicted octanol–water partition coefficient (Wildman–Crippen LogP) is 3.00. The van der Waals surface area contributed by atoms with E-state index in [0.29, 0.717) is 6.42 Å². The van der Waals surface area contributed by atoms with Gasteiger partial charge in [-0.15, -0.1) is 6.58 Å². The molecular formula is C11H14O2. The van der Waals surface area contributed by atoms with Gasteiger partial charge in [0.05, 0.1) is 0 Å². The van der Waals surface area contributed by atoms with E-state index >= 15 is 0 Å². The maximum Gasteiger partial charge on any atom is 0.152 e. The molecular weight excluding hydrogens is 164 g/mol. The summed E-state index contributed by atoms with van der Waals surface area (Å²) < 4.78 is 0. The van der Waals surface area contributed by atoms with Crippen LogP contribution in [-0.2, 0) is 0 Å². The van der Waals surface area contributed by atoms with E-state index in [2.05, 4.69) is 6.58 Å². The molecule has 0 amide bonds. The Hall–Kier alpha value is -1.18. The quantitative estimate of drug-likeness (QED) is 0.638. The van der Waals surface area contributed by atoms with Gasteiger partial charge in [0.25, 0.3) is 0 Å². The maximum absolute atomic E-state index is 9.35. The lowest BCUT2D eigenvalue weighted by Gasteiger charge is -2.19. The van der Waals surface area contributed by atoms with Gasteiger partial charge in [-0.2, -0.15) is 0 Å². The molecule has 0 atom stereocenters. The monoisotopic (exact) mass is 178 g/mol. The van der Waals surface area contributed by atoms with Crippen LogP contribution < -0.4 is 0 Å². The molecule has 2 aliphatic carbocycles. The number of aliphatic hydroxyl groups excluding tert-OH is 2. The molecule has 2 nitrogen and oxygen atoms in total. The largest absolute Gasteiger partial charge is 0.508 e. The second kappa shape index (κ2) is 2.66. The summed E-state index contributed by atoms with van der Waals surface area (Å²) in [7, 11) is 0. The lowest BCUT2D eigenvalue weighted by Crippen LogP contribution is -2.07. The van der Waals surface area contributed by atoms with E-state index in [1.807, 2.05) is 6.08 Å². The minimum atomic E-state index is 0.0365. The topological polar surface area (TPSA) is 40.5 Å². The Labute approximate surface area is 77.9 Å². The summed E-state index contributed by atoms with van der Waals surface area (Å²) in [5, 5.41) is 18.6. The zero-order chi connectivity index (χ0) is 9.47. The van der Waals surface area contributed by atoms with Crippen molar-refractivity contribution in [1.82, 2.24) is 0 Å². The van der Waals surface area contributed by atoms with Crippen LogP contribution in [0.2, 0.25) is 0 Å². The first-order valence-electron chi connectivity index (χ1n) is 4.64. The summed E-state index contributed by atoms with van der Waals surface area (Å²) in [6.07, 6.45) is 7.35. The first kappa shape index (κ1) is 8.42. The second-order valence-electron chi connectivity index (χ2n) is 3.86. The molecule has 70 valence electrons.